The van der Waals surface area contributed by atoms with E-state index in [1.165, 1.54) is 5.56 Å². The molecule has 2 aromatic rings. The highest BCUT2D eigenvalue weighted by Crippen LogP contribution is 2.26. The first kappa shape index (κ1) is 14.3. The van der Waals surface area contributed by atoms with Crippen LogP contribution in [0.25, 0.3) is 0 Å². The number of aliphatic hydroxyl groups excluding tert-OH is 1. The van der Waals surface area contributed by atoms with Crippen molar-refractivity contribution in [2.24, 2.45) is 0 Å². The monoisotopic (exact) mass is 287 g/mol. The Bertz CT molecular complexity index is 597. The number of β-amino-alcohol motifs (C(OH)–C–C–N with tert-alkyl or cyclic N) is 1. The highest BCUT2D eigenvalue weighted by molar-refractivity contribution is 5.31. The third kappa shape index (κ3) is 3.15. The number of aromatic nitrogens is 2. The number of rotatable bonds is 5. The number of imidazole rings is 1. The Morgan fingerprint density at radius 3 is 3.10 bits per heavy atom. The minimum absolute atomic E-state index is 0.419. The maximum absolute atomic E-state index is 10.3. The molecule has 0 bridgehead atoms. The lowest BCUT2D eigenvalue weighted by molar-refractivity contribution is 0.0855. The molecule has 1 aromatic carbocycles. The zero-order valence-corrected chi connectivity index (χ0v) is 12.3. The summed E-state index contributed by atoms with van der Waals surface area (Å²) in [6, 6.07) is 8.10. The topological polar surface area (TPSA) is 50.5 Å². The van der Waals surface area contributed by atoms with E-state index in [4.69, 9.17) is 4.74 Å². The third-order valence-electron chi connectivity index (χ3n) is 3.94. The Kier molecular flexibility index (Phi) is 4.34. The van der Waals surface area contributed by atoms with Crippen LogP contribution < -0.4 is 0 Å². The molecule has 0 spiro atoms. The van der Waals surface area contributed by atoms with Crippen molar-refractivity contribution in [2.45, 2.75) is 25.7 Å². The van der Waals surface area contributed by atoms with Crippen molar-refractivity contribution in [2.75, 3.05) is 20.3 Å². The van der Waals surface area contributed by atoms with Crippen LogP contribution in [-0.4, -0.2) is 39.8 Å². The molecule has 21 heavy (non-hydrogen) atoms. The predicted octanol–water partition coefficient (Wildman–Crippen LogP) is 1.58. The lowest BCUT2D eigenvalue weighted by Gasteiger charge is -2.31. The molecule has 1 aliphatic heterocycles. The Morgan fingerprint density at radius 1 is 1.38 bits per heavy atom. The first-order valence-corrected chi connectivity index (χ1v) is 7.25. The van der Waals surface area contributed by atoms with Gasteiger partial charge in [0.05, 0.1) is 19.3 Å². The largest absolute Gasteiger partial charge is 0.387 e. The molecule has 1 atom stereocenters. The van der Waals surface area contributed by atoms with E-state index in [0.29, 0.717) is 13.2 Å². The van der Waals surface area contributed by atoms with Crippen LogP contribution in [-0.2, 0) is 24.4 Å². The fraction of sp³-hybridized carbons (Fsp3) is 0.438. The van der Waals surface area contributed by atoms with Gasteiger partial charge in [-0.15, -0.1) is 0 Å². The van der Waals surface area contributed by atoms with Gasteiger partial charge in [0.2, 0.25) is 0 Å². The molecular weight excluding hydrogens is 266 g/mol. The zero-order chi connectivity index (χ0) is 14.7. The van der Waals surface area contributed by atoms with Crippen molar-refractivity contribution < 1.29 is 9.84 Å². The molecular formula is C16H21N3O2. The van der Waals surface area contributed by atoms with Crippen LogP contribution in [0.2, 0.25) is 0 Å². The van der Waals surface area contributed by atoms with Crippen LogP contribution in [0.5, 0.6) is 0 Å². The van der Waals surface area contributed by atoms with Gasteiger partial charge >= 0.3 is 0 Å². The van der Waals surface area contributed by atoms with Crippen molar-refractivity contribution in [1.82, 2.24) is 14.5 Å². The second kappa shape index (κ2) is 6.39. The SMILES string of the molecule is COCCn1ccnc1CN1Cc2ccccc2C(O)C1. The maximum atomic E-state index is 10.3. The van der Waals surface area contributed by atoms with Crippen LogP contribution in [0.4, 0.5) is 0 Å². The van der Waals surface area contributed by atoms with E-state index < -0.39 is 6.10 Å². The molecule has 0 fully saturated rings. The lowest BCUT2D eigenvalue weighted by Crippen LogP contribution is -2.34. The summed E-state index contributed by atoms with van der Waals surface area (Å²) >= 11 is 0. The number of fused-ring (bicyclic) bond motifs is 1. The van der Waals surface area contributed by atoms with E-state index in [1.807, 2.05) is 30.6 Å². The van der Waals surface area contributed by atoms with Crippen molar-refractivity contribution in [3.63, 3.8) is 0 Å². The van der Waals surface area contributed by atoms with Gasteiger partial charge in [-0.3, -0.25) is 4.90 Å². The van der Waals surface area contributed by atoms with Crippen molar-refractivity contribution in [3.8, 4) is 0 Å². The average molecular weight is 287 g/mol. The summed E-state index contributed by atoms with van der Waals surface area (Å²) < 4.78 is 7.23. The molecule has 112 valence electrons. The first-order valence-electron chi connectivity index (χ1n) is 7.25. The van der Waals surface area contributed by atoms with Crippen LogP contribution in [0.15, 0.2) is 36.7 Å². The van der Waals surface area contributed by atoms with Gasteiger partial charge in [-0.25, -0.2) is 4.98 Å². The number of hydrogen-bond acceptors (Lipinski definition) is 4. The van der Waals surface area contributed by atoms with Gasteiger partial charge in [-0.05, 0) is 11.1 Å². The molecule has 1 aromatic heterocycles. The van der Waals surface area contributed by atoms with Gasteiger partial charge in [0.1, 0.15) is 5.82 Å². The minimum Gasteiger partial charge on any atom is -0.387 e. The number of methoxy groups -OCH3 is 1. The highest BCUT2D eigenvalue weighted by atomic mass is 16.5. The second-order valence-corrected chi connectivity index (χ2v) is 5.41. The van der Waals surface area contributed by atoms with E-state index in [9.17, 15) is 5.11 Å². The molecule has 5 heteroatoms. The smallest absolute Gasteiger partial charge is 0.122 e. The summed E-state index contributed by atoms with van der Waals surface area (Å²) in [6.07, 6.45) is 3.37. The maximum Gasteiger partial charge on any atom is 0.122 e. The summed E-state index contributed by atoms with van der Waals surface area (Å²) in [5, 5.41) is 10.3. The summed E-state index contributed by atoms with van der Waals surface area (Å²) in [6.45, 7) is 3.72. The van der Waals surface area contributed by atoms with E-state index in [0.717, 1.165) is 31.0 Å². The van der Waals surface area contributed by atoms with E-state index >= 15 is 0 Å². The molecule has 0 radical (unpaired) electrons. The molecule has 1 aliphatic rings. The fourth-order valence-corrected chi connectivity index (χ4v) is 2.86. The van der Waals surface area contributed by atoms with Gasteiger partial charge in [0.25, 0.3) is 0 Å². The van der Waals surface area contributed by atoms with Crippen molar-refractivity contribution >= 4 is 0 Å². The van der Waals surface area contributed by atoms with E-state index in [-0.39, 0.29) is 0 Å². The first-order chi connectivity index (χ1) is 10.3. The number of hydrogen-bond donors (Lipinski definition) is 1. The zero-order valence-electron chi connectivity index (χ0n) is 12.3. The van der Waals surface area contributed by atoms with Crippen LogP contribution in [0.1, 0.15) is 23.1 Å². The average Bonchev–Trinajstić information content (AvgIpc) is 2.92. The normalized spacial score (nSPS) is 18.7. The van der Waals surface area contributed by atoms with Gasteiger partial charge in [-0.2, -0.15) is 0 Å². The molecule has 2 heterocycles. The Balaban J connectivity index is 1.71. The summed E-state index contributed by atoms with van der Waals surface area (Å²) in [7, 11) is 1.70. The number of benzene rings is 1. The fourth-order valence-electron chi connectivity index (χ4n) is 2.86. The minimum atomic E-state index is -0.419. The number of ether oxygens (including phenoxy) is 1. The second-order valence-electron chi connectivity index (χ2n) is 5.41. The van der Waals surface area contributed by atoms with Crippen LogP contribution in [0, 0.1) is 0 Å². The van der Waals surface area contributed by atoms with Gasteiger partial charge < -0.3 is 14.4 Å². The lowest BCUT2D eigenvalue weighted by atomic mass is 9.97. The van der Waals surface area contributed by atoms with Gasteiger partial charge in [0.15, 0.2) is 0 Å². The molecule has 0 saturated heterocycles. The van der Waals surface area contributed by atoms with Gasteiger partial charge in [0, 0.05) is 39.1 Å². The van der Waals surface area contributed by atoms with Crippen LogP contribution in [0.3, 0.4) is 0 Å². The summed E-state index contributed by atoms with van der Waals surface area (Å²) in [5.74, 6) is 1.01. The molecule has 3 rings (SSSR count). The molecule has 5 nitrogen and oxygen atoms in total. The standard InChI is InChI=1S/C16H21N3O2/c1-21-9-8-19-7-6-17-16(19)12-18-10-13-4-2-3-5-14(13)15(20)11-18/h2-7,15,20H,8-12H2,1H3. The van der Waals surface area contributed by atoms with Crippen molar-refractivity contribution in [3.05, 3.63) is 53.6 Å². The molecule has 0 amide bonds. The molecule has 0 aliphatic carbocycles. The van der Waals surface area contributed by atoms with Gasteiger partial charge in [-0.1, -0.05) is 24.3 Å². The summed E-state index contributed by atoms with van der Waals surface area (Å²) in [5.41, 5.74) is 2.25. The quantitative estimate of drug-likeness (QED) is 0.907. The van der Waals surface area contributed by atoms with E-state index in [1.54, 1.807) is 7.11 Å². The Morgan fingerprint density at radius 2 is 2.24 bits per heavy atom. The van der Waals surface area contributed by atoms with E-state index in [2.05, 4.69) is 20.5 Å². The summed E-state index contributed by atoms with van der Waals surface area (Å²) in [4.78, 5) is 6.66. The highest BCUT2D eigenvalue weighted by Gasteiger charge is 2.24. The predicted molar refractivity (Wildman–Crippen MR) is 79.6 cm³/mol. The third-order valence-corrected chi connectivity index (χ3v) is 3.94. The number of aliphatic hydroxyl groups is 1. The van der Waals surface area contributed by atoms with Crippen LogP contribution >= 0.6 is 0 Å². The Hall–Kier alpha value is -1.69. The Labute approximate surface area is 124 Å². The molecule has 1 unspecified atom stereocenters. The molecule has 0 saturated carbocycles. The number of nitrogens with zero attached hydrogens (tertiary/aromatic N) is 3. The van der Waals surface area contributed by atoms with Crippen molar-refractivity contribution in [1.29, 1.82) is 0 Å². The molecule has 1 N–H and O–H groups in total.